The van der Waals surface area contributed by atoms with Crippen LogP contribution >= 0.6 is 0 Å². The van der Waals surface area contributed by atoms with Gasteiger partial charge in [0.15, 0.2) is 6.10 Å². The summed E-state index contributed by atoms with van der Waals surface area (Å²) < 4.78 is 41.5. The fraction of sp³-hybridized carbons (Fsp3) is 0.222. The maximum absolute atomic E-state index is 13.8. The van der Waals surface area contributed by atoms with E-state index in [4.69, 9.17) is 9.88 Å². The van der Waals surface area contributed by atoms with Crippen LogP contribution in [-0.2, 0) is 21.2 Å². The molecule has 2 rings (SSSR count). The molecule has 0 spiro atoms. The number of carbonyl (C=O) groups excluding carboxylic acids is 2. The summed E-state index contributed by atoms with van der Waals surface area (Å²) in [6, 6.07) is 9.33. The second kappa shape index (κ2) is 7.76. The molecule has 0 heterocycles. The average molecular weight is 379 g/mol. The Morgan fingerprint density at radius 2 is 1.77 bits per heavy atom. The number of aryl methyl sites for hydroxylation is 1. The van der Waals surface area contributed by atoms with E-state index in [-0.39, 0.29) is 0 Å². The van der Waals surface area contributed by atoms with Crippen molar-refractivity contribution >= 4 is 21.8 Å². The number of ether oxygens (including phenoxy) is 1. The number of rotatable bonds is 6. The van der Waals surface area contributed by atoms with E-state index in [2.05, 4.69) is 0 Å². The molecule has 0 unspecified atom stereocenters. The topological polar surface area (TPSA) is 104 Å². The number of primary sulfonamides is 1. The van der Waals surface area contributed by atoms with Gasteiger partial charge in [-0.2, -0.15) is 0 Å². The number of benzene rings is 2. The van der Waals surface area contributed by atoms with Crippen LogP contribution in [-0.4, -0.2) is 26.3 Å². The summed E-state index contributed by atoms with van der Waals surface area (Å²) in [6.07, 6.45) is -0.355. The standard InChI is InChI=1S/C18H18FNO5S/c1-3-12-4-6-13(7-5-12)17(21)11(2)25-18(22)15-10-14(26(20,23)24)8-9-16(15)19/h4-11H,3H2,1-2H3,(H2,20,23,24)/t11-/m1/s1. The third-order valence-corrected chi connectivity index (χ3v) is 4.70. The average Bonchev–Trinajstić information content (AvgIpc) is 2.60. The van der Waals surface area contributed by atoms with Gasteiger partial charge in [-0.05, 0) is 37.1 Å². The lowest BCUT2D eigenvalue weighted by Crippen LogP contribution is -2.25. The highest BCUT2D eigenvalue weighted by Crippen LogP contribution is 2.17. The fourth-order valence-corrected chi connectivity index (χ4v) is 2.79. The van der Waals surface area contributed by atoms with E-state index in [9.17, 15) is 22.4 Å². The van der Waals surface area contributed by atoms with Gasteiger partial charge in [-0.25, -0.2) is 22.7 Å². The highest BCUT2D eigenvalue weighted by atomic mass is 32.2. The largest absolute Gasteiger partial charge is 0.451 e. The third kappa shape index (κ3) is 4.53. The Balaban J connectivity index is 2.19. The lowest BCUT2D eigenvalue weighted by molar-refractivity contribution is 0.0314. The van der Waals surface area contributed by atoms with E-state index in [0.29, 0.717) is 5.56 Å². The van der Waals surface area contributed by atoms with Gasteiger partial charge in [0.05, 0.1) is 10.5 Å². The van der Waals surface area contributed by atoms with Crippen LogP contribution in [0.5, 0.6) is 0 Å². The molecule has 8 heteroatoms. The zero-order chi connectivity index (χ0) is 19.5. The van der Waals surface area contributed by atoms with Crippen LogP contribution in [0.3, 0.4) is 0 Å². The van der Waals surface area contributed by atoms with Crippen LogP contribution in [0.1, 0.15) is 40.1 Å². The van der Waals surface area contributed by atoms with Crippen LogP contribution < -0.4 is 5.14 Å². The van der Waals surface area contributed by atoms with Gasteiger partial charge < -0.3 is 4.74 Å². The Hall–Kier alpha value is -2.58. The normalized spacial score (nSPS) is 12.5. The van der Waals surface area contributed by atoms with Crippen molar-refractivity contribution in [2.75, 3.05) is 0 Å². The number of Topliss-reactive ketones (excluding diaryl/α,β-unsaturated/α-hetero) is 1. The molecule has 0 saturated heterocycles. The van der Waals surface area contributed by atoms with Crippen molar-refractivity contribution in [3.8, 4) is 0 Å². The second-order valence-electron chi connectivity index (χ2n) is 5.65. The molecule has 0 fully saturated rings. The highest BCUT2D eigenvalue weighted by molar-refractivity contribution is 7.89. The van der Waals surface area contributed by atoms with Crippen molar-refractivity contribution in [2.45, 2.75) is 31.3 Å². The van der Waals surface area contributed by atoms with Crippen molar-refractivity contribution in [2.24, 2.45) is 5.14 Å². The zero-order valence-electron chi connectivity index (χ0n) is 14.2. The van der Waals surface area contributed by atoms with Crippen molar-refractivity contribution in [3.63, 3.8) is 0 Å². The first-order valence-electron chi connectivity index (χ1n) is 7.80. The van der Waals surface area contributed by atoms with Crippen molar-refractivity contribution < 1.29 is 27.1 Å². The smallest absolute Gasteiger partial charge is 0.341 e. The van der Waals surface area contributed by atoms with Crippen LogP contribution in [0.15, 0.2) is 47.4 Å². The number of hydrogen-bond donors (Lipinski definition) is 1. The number of sulfonamides is 1. The van der Waals surface area contributed by atoms with Gasteiger partial charge in [-0.15, -0.1) is 0 Å². The lowest BCUT2D eigenvalue weighted by Gasteiger charge is -2.13. The summed E-state index contributed by atoms with van der Waals surface area (Å²) >= 11 is 0. The van der Waals surface area contributed by atoms with E-state index < -0.39 is 44.2 Å². The maximum atomic E-state index is 13.8. The summed E-state index contributed by atoms with van der Waals surface area (Å²) in [5.41, 5.74) is 0.784. The summed E-state index contributed by atoms with van der Waals surface area (Å²) in [7, 11) is -4.11. The van der Waals surface area contributed by atoms with E-state index in [1.54, 1.807) is 24.3 Å². The van der Waals surface area contributed by atoms with Crippen molar-refractivity contribution in [3.05, 3.63) is 65.0 Å². The van der Waals surface area contributed by atoms with Gasteiger partial charge in [0, 0.05) is 5.56 Å². The molecule has 0 saturated carbocycles. The third-order valence-electron chi connectivity index (χ3n) is 3.79. The van der Waals surface area contributed by atoms with E-state index in [1.807, 2.05) is 6.92 Å². The SMILES string of the molecule is CCc1ccc(C(=O)[C@@H](C)OC(=O)c2cc(S(N)(=O)=O)ccc2F)cc1. The molecular weight excluding hydrogens is 361 g/mol. The monoisotopic (exact) mass is 379 g/mol. The Labute approximate surface area is 150 Å². The molecule has 2 aromatic rings. The first-order valence-corrected chi connectivity index (χ1v) is 9.34. The van der Waals surface area contributed by atoms with Crippen LogP contribution in [0.4, 0.5) is 4.39 Å². The zero-order valence-corrected chi connectivity index (χ0v) is 15.0. The lowest BCUT2D eigenvalue weighted by atomic mass is 10.0. The van der Waals surface area contributed by atoms with E-state index in [0.717, 1.165) is 30.2 Å². The molecule has 6 nitrogen and oxygen atoms in total. The van der Waals surface area contributed by atoms with Gasteiger partial charge in [0.25, 0.3) is 0 Å². The molecule has 0 bridgehead atoms. The number of esters is 1. The second-order valence-corrected chi connectivity index (χ2v) is 7.21. The molecule has 0 aromatic heterocycles. The summed E-state index contributed by atoms with van der Waals surface area (Å²) in [4.78, 5) is 24.0. The van der Waals surface area contributed by atoms with Gasteiger partial charge in [-0.1, -0.05) is 31.2 Å². The summed E-state index contributed by atoms with van der Waals surface area (Å²) in [5.74, 6) is -2.59. The fourth-order valence-electron chi connectivity index (χ4n) is 2.25. The minimum atomic E-state index is -4.11. The first kappa shape index (κ1) is 19.7. The number of hydrogen-bond acceptors (Lipinski definition) is 5. The van der Waals surface area contributed by atoms with E-state index >= 15 is 0 Å². The van der Waals surface area contributed by atoms with Crippen LogP contribution in [0.25, 0.3) is 0 Å². The molecule has 0 aliphatic rings. The van der Waals surface area contributed by atoms with Gasteiger partial charge in [-0.3, -0.25) is 4.79 Å². The maximum Gasteiger partial charge on any atom is 0.341 e. The number of nitrogens with two attached hydrogens (primary N) is 1. The number of halogens is 1. The molecule has 1 atom stereocenters. The van der Waals surface area contributed by atoms with Gasteiger partial charge >= 0.3 is 5.97 Å². The molecular formula is C18H18FNO5S. The summed E-state index contributed by atoms with van der Waals surface area (Å²) in [5, 5.41) is 4.97. The van der Waals surface area contributed by atoms with Gasteiger partial charge in [0.2, 0.25) is 15.8 Å². The summed E-state index contributed by atoms with van der Waals surface area (Å²) in [6.45, 7) is 3.33. The molecule has 0 amide bonds. The Bertz CT molecular complexity index is 939. The van der Waals surface area contributed by atoms with Crippen LogP contribution in [0.2, 0.25) is 0 Å². The molecule has 138 valence electrons. The van der Waals surface area contributed by atoms with Crippen molar-refractivity contribution in [1.29, 1.82) is 0 Å². The van der Waals surface area contributed by atoms with Crippen LogP contribution in [0, 0.1) is 5.82 Å². The molecule has 2 aromatic carbocycles. The molecule has 0 radical (unpaired) electrons. The number of carbonyl (C=O) groups is 2. The minimum absolute atomic E-state index is 0.348. The highest BCUT2D eigenvalue weighted by Gasteiger charge is 2.23. The van der Waals surface area contributed by atoms with Gasteiger partial charge in [0.1, 0.15) is 5.82 Å². The Kier molecular flexibility index (Phi) is 5.89. The Morgan fingerprint density at radius 1 is 1.15 bits per heavy atom. The molecule has 2 N–H and O–H groups in total. The molecule has 26 heavy (non-hydrogen) atoms. The van der Waals surface area contributed by atoms with Crippen molar-refractivity contribution in [1.82, 2.24) is 0 Å². The number of ketones is 1. The first-order chi connectivity index (χ1) is 12.1. The van der Waals surface area contributed by atoms with E-state index in [1.165, 1.54) is 6.92 Å². The molecule has 0 aliphatic carbocycles. The molecule has 0 aliphatic heterocycles. The Morgan fingerprint density at radius 3 is 2.31 bits per heavy atom. The predicted molar refractivity (Wildman–Crippen MR) is 92.8 cm³/mol. The predicted octanol–water partition coefficient (Wildman–Crippen LogP) is 2.46. The quantitative estimate of drug-likeness (QED) is 0.613. The minimum Gasteiger partial charge on any atom is -0.451 e.